The second kappa shape index (κ2) is 8.06. The summed E-state index contributed by atoms with van der Waals surface area (Å²) in [5, 5.41) is 0. The molecular formula is C20H29BO5S. The van der Waals surface area contributed by atoms with Gasteiger partial charge in [-0.3, -0.25) is 4.79 Å². The van der Waals surface area contributed by atoms with Crippen molar-refractivity contribution in [1.29, 1.82) is 0 Å². The summed E-state index contributed by atoms with van der Waals surface area (Å²) in [5.74, 6) is 0.759. The van der Waals surface area contributed by atoms with Crippen molar-refractivity contribution >= 4 is 24.0 Å². The molecule has 0 bridgehead atoms. The van der Waals surface area contributed by atoms with Gasteiger partial charge in [-0.2, -0.15) is 0 Å². The predicted octanol–water partition coefficient (Wildman–Crippen LogP) is 4.40. The van der Waals surface area contributed by atoms with Gasteiger partial charge < -0.3 is 18.8 Å². The van der Waals surface area contributed by atoms with Crippen LogP contribution in [0.4, 0.5) is 0 Å². The third kappa shape index (κ3) is 4.82. The van der Waals surface area contributed by atoms with Gasteiger partial charge in [-0.15, -0.1) is 11.6 Å². The Labute approximate surface area is 166 Å². The maximum Gasteiger partial charge on any atom is 0.537 e. The topological polar surface area (TPSA) is 54.0 Å². The molecule has 3 rings (SSSR count). The molecule has 0 aliphatic carbocycles. The predicted molar refractivity (Wildman–Crippen MR) is 107 cm³/mol. The number of hydrogen-bond donors (Lipinski definition) is 0. The number of aryl methyl sites for hydroxylation is 1. The van der Waals surface area contributed by atoms with Gasteiger partial charge in [0.05, 0.1) is 23.9 Å². The average Bonchev–Trinajstić information content (AvgIpc) is 2.79. The van der Waals surface area contributed by atoms with Crippen molar-refractivity contribution in [2.24, 2.45) is 0 Å². The van der Waals surface area contributed by atoms with Crippen molar-refractivity contribution in [1.82, 2.24) is 0 Å². The molecule has 0 aromatic heterocycles. The summed E-state index contributed by atoms with van der Waals surface area (Å²) in [6, 6.07) is 6.22. The molecular weight excluding hydrogens is 363 g/mol. The van der Waals surface area contributed by atoms with E-state index in [0.717, 1.165) is 23.5 Å². The van der Waals surface area contributed by atoms with Crippen molar-refractivity contribution in [3.63, 3.8) is 0 Å². The molecule has 1 fully saturated rings. The number of fused-ring (bicyclic) bond motifs is 1. The summed E-state index contributed by atoms with van der Waals surface area (Å²) in [5.41, 5.74) is 0.548. The lowest BCUT2D eigenvalue weighted by atomic mass is 9.90. The van der Waals surface area contributed by atoms with E-state index < -0.39 is 0 Å². The van der Waals surface area contributed by atoms with Crippen molar-refractivity contribution in [2.45, 2.75) is 82.5 Å². The molecule has 0 saturated carbocycles. The van der Waals surface area contributed by atoms with Crippen LogP contribution in [0.5, 0.6) is 5.75 Å². The van der Waals surface area contributed by atoms with E-state index in [1.807, 2.05) is 19.1 Å². The van der Waals surface area contributed by atoms with Crippen LogP contribution in [0.2, 0.25) is 0 Å². The zero-order chi connectivity index (χ0) is 19.7. The van der Waals surface area contributed by atoms with Crippen LogP contribution in [-0.2, 0) is 25.3 Å². The fourth-order valence-electron chi connectivity index (χ4n) is 3.16. The SMILES string of the molecule is CCOC(=O)CCC1CCc2cc(SB3OC(C)(C)C(C)(C)O3)ccc2O1. The van der Waals surface area contributed by atoms with Gasteiger partial charge >= 0.3 is 12.4 Å². The molecule has 1 unspecified atom stereocenters. The minimum absolute atomic E-state index is 0.0727. The molecule has 27 heavy (non-hydrogen) atoms. The number of ether oxygens (including phenoxy) is 2. The van der Waals surface area contributed by atoms with Gasteiger partial charge in [-0.1, -0.05) is 0 Å². The molecule has 1 aromatic rings. The minimum atomic E-state index is -0.325. The van der Waals surface area contributed by atoms with E-state index in [1.165, 1.54) is 5.56 Å². The van der Waals surface area contributed by atoms with Crippen molar-refractivity contribution < 1.29 is 23.6 Å². The van der Waals surface area contributed by atoms with E-state index in [4.69, 9.17) is 18.8 Å². The first kappa shape index (κ1) is 20.6. The Balaban J connectivity index is 1.57. The third-order valence-corrected chi connectivity index (χ3v) is 6.41. The summed E-state index contributed by atoms with van der Waals surface area (Å²) < 4.78 is 23.2. The normalized spacial score (nSPS) is 22.9. The Morgan fingerprint density at radius 1 is 1.26 bits per heavy atom. The molecule has 2 heterocycles. The van der Waals surface area contributed by atoms with E-state index in [-0.39, 0.29) is 29.7 Å². The number of carbonyl (C=O) groups is 1. The van der Waals surface area contributed by atoms with E-state index in [1.54, 1.807) is 11.6 Å². The minimum Gasteiger partial charge on any atom is -0.490 e. The second-order valence-electron chi connectivity index (χ2n) is 8.05. The van der Waals surface area contributed by atoms with Gasteiger partial charge in [0.25, 0.3) is 0 Å². The molecule has 0 radical (unpaired) electrons. The third-order valence-electron chi connectivity index (χ3n) is 5.50. The standard InChI is InChI=1S/C20H29BO5S/c1-6-23-18(22)12-9-15-8-7-14-13-16(10-11-17(14)24-15)27-21-25-19(2,3)20(4,5)26-21/h10-11,13,15H,6-9,12H2,1-5H3. The fourth-order valence-corrected chi connectivity index (χ4v) is 4.31. The Bertz CT molecular complexity index is 675. The highest BCUT2D eigenvalue weighted by Crippen LogP contribution is 2.42. The number of carbonyl (C=O) groups excluding carboxylic acids is 1. The fraction of sp³-hybridized carbons (Fsp3) is 0.650. The number of benzene rings is 1. The summed E-state index contributed by atoms with van der Waals surface area (Å²) in [6.45, 7) is 10.5. The van der Waals surface area contributed by atoms with Crippen molar-refractivity contribution in [2.75, 3.05) is 6.61 Å². The summed E-state index contributed by atoms with van der Waals surface area (Å²) in [4.78, 5) is 12.6. The lowest BCUT2D eigenvalue weighted by Crippen LogP contribution is -2.41. The molecule has 2 aliphatic rings. The average molecular weight is 392 g/mol. The first-order valence-electron chi connectivity index (χ1n) is 9.67. The van der Waals surface area contributed by atoms with Crippen molar-refractivity contribution in [3.8, 4) is 5.75 Å². The highest BCUT2D eigenvalue weighted by molar-refractivity contribution is 8.24. The van der Waals surface area contributed by atoms with E-state index >= 15 is 0 Å². The molecule has 5 nitrogen and oxygen atoms in total. The summed E-state index contributed by atoms with van der Waals surface area (Å²) in [7, 11) is 0. The second-order valence-corrected chi connectivity index (χ2v) is 9.15. The van der Waals surface area contributed by atoms with Gasteiger partial charge in [0.15, 0.2) is 0 Å². The molecule has 7 heteroatoms. The van der Waals surface area contributed by atoms with Crippen LogP contribution < -0.4 is 4.74 Å². The maximum absolute atomic E-state index is 11.5. The number of rotatable bonds is 6. The Kier molecular flexibility index (Phi) is 6.13. The van der Waals surface area contributed by atoms with Gasteiger partial charge in [0.1, 0.15) is 5.75 Å². The van der Waals surface area contributed by atoms with Crippen LogP contribution in [0.3, 0.4) is 0 Å². The largest absolute Gasteiger partial charge is 0.537 e. The van der Waals surface area contributed by atoms with Crippen LogP contribution in [0.25, 0.3) is 0 Å². The summed E-state index contributed by atoms with van der Waals surface area (Å²) >= 11 is 1.59. The molecule has 148 valence electrons. The van der Waals surface area contributed by atoms with Crippen LogP contribution in [0.1, 0.15) is 59.4 Å². The Hall–Kier alpha value is -1.18. The molecule has 0 amide bonds. The summed E-state index contributed by atoms with van der Waals surface area (Å²) in [6.07, 6.45) is 2.72. The van der Waals surface area contributed by atoms with Crippen LogP contribution in [0.15, 0.2) is 23.1 Å². The molecule has 1 aromatic carbocycles. The first-order valence-corrected chi connectivity index (χ1v) is 10.6. The zero-order valence-electron chi connectivity index (χ0n) is 16.9. The van der Waals surface area contributed by atoms with E-state index in [0.29, 0.717) is 19.4 Å². The molecule has 1 saturated heterocycles. The molecule has 0 N–H and O–H groups in total. The quantitative estimate of drug-likeness (QED) is 0.528. The maximum atomic E-state index is 11.5. The van der Waals surface area contributed by atoms with Gasteiger partial charge in [-0.05, 0) is 77.6 Å². The van der Waals surface area contributed by atoms with Crippen LogP contribution >= 0.6 is 11.6 Å². The molecule has 2 aliphatic heterocycles. The highest BCUT2D eigenvalue weighted by atomic mass is 32.2. The van der Waals surface area contributed by atoms with Crippen LogP contribution in [0, 0.1) is 0 Å². The molecule has 1 atom stereocenters. The number of esters is 1. The zero-order valence-corrected chi connectivity index (χ0v) is 17.7. The van der Waals surface area contributed by atoms with E-state index in [2.05, 4.69) is 33.8 Å². The van der Waals surface area contributed by atoms with Gasteiger partial charge in [0.2, 0.25) is 0 Å². The first-order chi connectivity index (χ1) is 12.7. The highest BCUT2D eigenvalue weighted by Gasteiger charge is 2.51. The van der Waals surface area contributed by atoms with Gasteiger partial charge in [0, 0.05) is 11.3 Å². The smallest absolute Gasteiger partial charge is 0.490 e. The number of hydrogen-bond acceptors (Lipinski definition) is 6. The Morgan fingerprint density at radius 2 is 1.96 bits per heavy atom. The molecule has 0 spiro atoms. The van der Waals surface area contributed by atoms with Gasteiger partial charge in [-0.25, -0.2) is 0 Å². The van der Waals surface area contributed by atoms with Crippen LogP contribution in [-0.4, -0.2) is 36.3 Å². The monoisotopic (exact) mass is 392 g/mol. The van der Waals surface area contributed by atoms with Crippen molar-refractivity contribution in [3.05, 3.63) is 23.8 Å². The lowest BCUT2D eigenvalue weighted by molar-refractivity contribution is -0.143. The van der Waals surface area contributed by atoms with E-state index in [9.17, 15) is 4.79 Å². The lowest BCUT2D eigenvalue weighted by Gasteiger charge is -2.32. The Morgan fingerprint density at radius 3 is 2.63 bits per heavy atom.